The molecule has 0 spiro atoms. The molecular weight excluding hydrogens is 314 g/mol. The molecule has 1 aromatic carbocycles. The molecule has 4 N–H and O–H groups in total. The van der Waals surface area contributed by atoms with E-state index < -0.39 is 11.0 Å². The maximum absolute atomic E-state index is 10.9. The fraction of sp³-hybridized carbons (Fsp3) is 0.500. The Bertz CT molecular complexity index is 489. The average Bonchev–Trinajstić information content (AvgIpc) is 2.41. The minimum absolute atomic E-state index is 0.00312. The van der Waals surface area contributed by atoms with Crippen LogP contribution in [0.25, 0.3) is 0 Å². The molecule has 0 unspecified atom stereocenters. The number of rotatable bonds is 3. The lowest BCUT2D eigenvalue weighted by Gasteiger charge is -2.28. The van der Waals surface area contributed by atoms with Crippen molar-refractivity contribution in [3.63, 3.8) is 0 Å². The Morgan fingerprint density at radius 3 is 2.68 bits per heavy atom. The summed E-state index contributed by atoms with van der Waals surface area (Å²) in [5, 5.41) is 24.1. The molecule has 1 heterocycles. The van der Waals surface area contributed by atoms with E-state index in [9.17, 15) is 15.2 Å². The van der Waals surface area contributed by atoms with Gasteiger partial charge in [0.2, 0.25) is 0 Å². The Morgan fingerprint density at radius 1 is 1.47 bits per heavy atom. The van der Waals surface area contributed by atoms with Crippen LogP contribution in [-0.4, -0.2) is 23.1 Å². The van der Waals surface area contributed by atoms with Crippen LogP contribution in [0.2, 0.25) is 0 Å². The minimum Gasteiger partial charge on any atom is -0.506 e. The number of aromatic hydroxyl groups is 1. The molecule has 7 heteroatoms. The summed E-state index contributed by atoms with van der Waals surface area (Å²) in [5.74, 6) is 0.220. The number of phenols is 1. The standard InChI is InChI=1S/C12H16BrN3O3/c13-10-6-8(16(18)19)5-9(12(10)17)11(14)7-1-3-15-4-2-7/h5-7,11,15,17H,1-4,14H2/t11-/m1/s1. The second kappa shape index (κ2) is 5.85. The largest absolute Gasteiger partial charge is 0.506 e. The molecule has 1 aliphatic heterocycles. The smallest absolute Gasteiger partial charge is 0.271 e. The van der Waals surface area contributed by atoms with Gasteiger partial charge in [0.15, 0.2) is 0 Å². The van der Waals surface area contributed by atoms with Gasteiger partial charge >= 0.3 is 0 Å². The number of nitrogens with one attached hydrogen (secondary N) is 1. The highest BCUT2D eigenvalue weighted by atomic mass is 79.9. The molecule has 0 radical (unpaired) electrons. The van der Waals surface area contributed by atoms with E-state index in [0.29, 0.717) is 10.0 Å². The SMILES string of the molecule is N[C@@H](c1cc([N+](=O)[O-])cc(Br)c1O)C1CCNCC1. The van der Waals surface area contributed by atoms with E-state index in [1.54, 1.807) is 0 Å². The van der Waals surface area contributed by atoms with Crippen LogP contribution < -0.4 is 11.1 Å². The number of nitro groups is 1. The zero-order valence-electron chi connectivity index (χ0n) is 10.3. The topological polar surface area (TPSA) is 101 Å². The number of piperidine rings is 1. The van der Waals surface area contributed by atoms with Gasteiger partial charge in [0, 0.05) is 23.7 Å². The van der Waals surface area contributed by atoms with E-state index in [1.165, 1.54) is 12.1 Å². The molecule has 1 saturated heterocycles. The molecule has 6 nitrogen and oxygen atoms in total. The number of nitrogens with two attached hydrogens (primary N) is 1. The number of halogens is 1. The first kappa shape index (κ1) is 14.2. The van der Waals surface area contributed by atoms with Crippen molar-refractivity contribution in [1.82, 2.24) is 5.32 Å². The summed E-state index contributed by atoms with van der Waals surface area (Å²) < 4.78 is 0.307. The third-order valence-corrected chi connectivity index (χ3v) is 4.14. The molecule has 1 fully saturated rings. The van der Waals surface area contributed by atoms with Gasteiger partial charge in [0.05, 0.1) is 9.40 Å². The number of benzene rings is 1. The van der Waals surface area contributed by atoms with Gasteiger partial charge in [-0.3, -0.25) is 10.1 Å². The van der Waals surface area contributed by atoms with Gasteiger partial charge in [-0.2, -0.15) is 0 Å². The Kier molecular flexibility index (Phi) is 4.38. The monoisotopic (exact) mass is 329 g/mol. The highest BCUT2D eigenvalue weighted by Crippen LogP contribution is 2.39. The van der Waals surface area contributed by atoms with E-state index in [4.69, 9.17) is 5.73 Å². The lowest BCUT2D eigenvalue weighted by Crippen LogP contribution is -2.33. The van der Waals surface area contributed by atoms with Gasteiger partial charge in [-0.05, 0) is 47.8 Å². The summed E-state index contributed by atoms with van der Waals surface area (Å²) in [5.41, 5.74) is 6.55. The van der Waals surface area contributed by atoms with Gasteiger partial charge in [-0.1, -0.05) is 0 Å². The van der Waals surface area contributed by atoms with E-state index >= 15 is 0 Å². The van der Waals surface area contributed by atoms with Gasteiger partial charge in [-0.25, -0.2) is 0 Å². The quantitative estimate of drug-likeness (QED) is 0.582. The second-order valence-electron chi connectivity index (χ2n) is 4.74. The van der Waals surface area contributed by atoms with E-state index in [1.807, 2.05) is 0 Å². The number of hydrogen-bond donors (Lipinski definition) is 3. The first-order valence-electron chi connectivity index (χ1n) is 6.13. The van der Waals surface area contributed by atoms with Gasteiger partial charge < -0.3 is 16.2 Å². The van der Waals surface area contributed by atoms with Gasteiger partial charge in [0.1, 0.15) is 5.75 Å². The second-order valence-corrected chi connectivity index (χ2v) is 5.59. The molecule has 0 aromatic heterocycles. The zero-order valence-corrected chi connectivity index (χ0v) is 11.9. The van der Waals surface area contributed by atoms with Crippen LogP contribution in [0.3, 0.4) is 0 Å². The first-order chi connectivity index (χ1) is 9.00. The Labute approximate surface area is 119 Å². The predicted molar refractivity (Wildman–Crippen MR) is 75.0 cm³/mol. The third-order valence-electron chi connectivity index (χ3n) is 3.54. The number of non-ortho nitro benzene ring substituents is 1. The van der Waals surface area contributed by atoms with E-state index in [-0.39, 0.29) is 17.4 Å². The summed E-state index contributed by atoms with van der Waals surface area (Å²) in [6, 6.07) is 2.26. The van der Waals surface area contributed by atoms with Crippen LogP contribution in [0.15, 0.2) is 16.6 Å². The van der Waals surface area contributed by atoms with Crippen LogP contribution in [0.4, 0.5) is 5.69 Å². The van der Waals surface area contributed by atoms with Crippen molar-refractivity contribution in [2.45, 2.75) is 18.9 Å². The lowest BCUT2D eigenvalue weighted by atomic mass is 9.86. The Hall–Kier alpha value is -1.18. The predicted octanol–water partition coefficient (Wildman–Crippen LogP) is 2.06. The van der Waals surface area contributed by atoms with Crippen molar-refractivity contribution < 1.29 is 10.0 Å². The summed E-state index contributed by atoms with van der Waals surface area (Å²) in [7, 11) is 0. The highest BCUT2D eigenvalue weighted by Gasteiger charge is 2.26. The molecule has 0 bridgehead atoms. The summed E-state index contributed by atoms with van der Waals surface area (Å²) >= 11 is 3.14. The summed E-state index contributed by atoms with van der Waals surface area (Å²) in [6.07, 6.45) is 1.81. The Balaban J connectivity index is 2.34. The van der Waals surface area contributed by atoms with E-state index in [2.05, 4.69) is 21.2 Å². The maximum Gasteiger partial charge on any atom is 0.271 e. The molecule has 1 aliphatic rings. The fourth-order valence-electron chi connectivity index (χ4n) is 2.42. The molecular formula is C12H16BrN3O3. The highest BCUT2D eigenvalue weighted by molar-refractivity contribution is 9.10. The molecule has 1 atom stereocenters. The minimum atomic E-state index is -0.483. The van der Waals surface area contributed by atoms with Crippen molar-refractivity contribution in [3.05, 3.63) is 32.3 Å². The van der Waals surface area contributed by atoms with E-state index in [0.717, 1.165) is 25.9 Å². The average molecular weight is 330 g/mol. The number of phenolic OH excluding ortho intramolecular Hbond substituents is 1. The normalized spacial score (nSPS) is 18.2. The number of hydrogen-bond acceptors (Lipinski definition) is 5. The van der Waals surface area contributed by atoms with Crippen molar-refractivity contribution in [2.24, 2.45) is 11.7 Å². The van der Waals surface area contributed by atoms with Crippen LogP contribution in [0.5, 0.6) is 5.75 Å². The lowest BCUT2D eigenvalue weighted by molar-refractivity contribution is -0.385. The van der Waals surface area contributed by atoms with Crippen LogP contribution in [0, 0.1) is 16.0 Å². The molecule has 0 aliphatic carbocycles. The summed E-state index contributed by atoms with van der Waals surface area (Å²) in [4.78, 5) is 10.4. The molecule has 0 saturated carbocycles. The third kappa shape index (κ3) is 3.05. The van der Waals surface area contributed by atoms with Crippen molar-refractivity contribution in [2.75, 3.05) is 13.1 Å². The molecule has 1 aromatic rings. The first-order valence-corrected chi connectivity index (χ1v) is 6.93. The summed E-state index contributed by atoms with van der Waals surface area (Å²) in [6.45, 7) is 1.77. The number of nitro benzene ring substituents is 1. The van der Waals surface area contributed by atoms with Crippen LogP contribution >= 0.6 is 15.9 Å². The molecule has 104 valence electrons. The molecule has 0 amide bonds. The molecule has 19 heavy (non-hydrogen) atoms. The molecule has 2 rings (SSSR count). The van der Waals surface area contributed by atoms with Crippen LogP contribution in [-0.2, 0) is 0 Å². The van der Waals surface area contributed by atoms with Crippen molar-refractivity contribution >= 4 is 21.6 Å². The maximum atomic E-state index is 10.9. The van der Waals surface area contributed by atoms with Gasteiger partial charge in [-0.15, -0.1) is 0 Å². The fourth-order valence-corrected chi connectivity index (χ4v) is 2.89. The van der Waals surface area contributed by atoms with Gasteiger partial charge in [0.25, 0.3) is 5.69 Å². The van der Waals surface area contributed by atoms with Crippen molar-refractivity contribution in [3.8, 4) is 5.75 Å². The number of nitrogens with zero attached hydrogens (tertiary/aromatic N) is 1. The van der Waals surface area contributed by atoms with Crippen molar-refractivity contribution in [1.29, 1.82) is 0 Å². The van der Waals surface area contributed by atoms with Crippen LogP contribution in [0.1, 0.15) is 24.4 Å². The zero-order chi connectivity index (χ0) is 14.0. The Morgan fingerprint density at radius 2 is 2.11 bits per heavy atom.